The van der Waals surface area contributed by atoms with Gasteiger partial charge in [-0.2, -0.15) is 0 Å². The van der Waals surface area contributed by atoms with Gasteiger partial charge >= 0.3 is 0 Å². The predicted molar refractivity (Wildman–Crippen MR) is 243 cm³/mol. The highest BCUT2D eigenvalue weighted by molar-refractivity contribution is 5.88. The van der Waals surface area contributed by atoms with Crippen LogP contribution in [0.15, 0.2) is 166 Å². The minimum absolute atomic E-state index is 0.00436. The zero-order valence-corrected chi connectivity index (χ0v) is 34.2. The van der Waals surface area contributed by atoms with Crippen LogP contribution in [0.2, 0.25) is 0 Å². The molecule has 0 amide bonds. The molecule has 6 nitrogen and oxygen atoms in total. The van der Waals surface area contributed by atoms with E-state index in [1.54, 1.807) is 0 Å². The average Bonchev–Trinajstić information content (AvgIpc) is 3.22. The van der Waals surface area contributed by atoms with E-state index in [4.69, 9.17) is 20.0 Å². The van der Waals surface area contributed by atoms with Gasteiger partial charge in [-0.1, -0.05) is 163 Å². The lowest BCUT2D eigenvalue weighted by Crippen LogP contribution is -2.15. The molecule has 6 aromatic carbocycles. The first-order valence-corrected chi connectivity index (χ1v) is 20.0. The molecule has 6 heteroatoms. The highest BCUT2D eigenvalue weighted by Gasteiger charge is 2.27. The third kappa shape index (κ3) is 9.08. The summed E-state index contributed by atoms with van der Waals surface area (Å²) < 4.78 is 0. The number of phenolic OH excluding ortho intramolecular Hbond substituents is 2. The van der Waals surface area contributed by atoms with E-state index < -0.39 is 0 Å². The third-order valence-electron chi connectivity index (χ3n) is 10.9. The van der Waals surface area contributed by atoms with E-state index in [9.17, 15) is 10.2 Å². The summed E-state index contributed by atoms with van der Waals surface area (Å²) in [5.41, 5.74) is 7.34. The molecular formula is C52H52N4O2. The quantitative estimate of drug-likeness (QED) is 0.187. The highest BCUT2D eigenvalue weighted by atomic mass is 16.3. The largest absolute Gasteiger partial charge is 0.504 e. The molecule has 0 unspecified atom stereocenters. The minimum atomic E-state index is -0.296. The number of nitrogens with zero attached hydrogens (tertiary/aromatic N) is 4. The van der Waals surface area contributed by atoms with Crippen LogP contribution in [0.25, 0.3) is 0 Å². The number of fused-ring (bicyclic) bond motifs is 4. The summed E-state index contributed by atoms with van der Waals surface area (Å²) in [5, 5.41) is 24.0. The van der Waals surface area contributed by atoms with Crippen molar-refractivity contribution in [2.24, 2.45) is 20.0 Å². The van der Waals surface area contributed by atoms with Gasteiger partial charge in [-0.3, -0.25) is 20.0 Å². The number of aromatic hydroxyl groups is 2. The van der Waals surface area contributed by atoms with E-state index in [0.717, 1.165) is 33.4 Å². The van der Waals surface area contributed by atoms with Gasteiger partial charge in [0.05, 0.1) is 0 Å². The summed E-state index contributed by atoms with van der Waals surface area (Å²) in [7, 11) is 0. The molecule has 0 radical (unpaired) electrons. The van der Waals surface area contributed by atoms with Crippen LogP contribution >= 0.6 is 0 Å². The van der Waals surface area contributed by atoms with Crippen LogP contribution < -0.4 is 0 Å². The van der Waals surface area contributed by atoms with Crippen LogP contribution in [0.5, 0.6) is 11.5 Å². The van der Waals surface area contributed by atoms with Crippen molar-refractivity contribution < 1.29 is 10.2 Å². The molecule has 0 aliphatic carbocycles. The summed E-state index contributed by atoms with van der Waals surface area (Å²) in [5.74, 6) is -1.17. The Bertz CT molecular complexity index is 2120. The molecule has 1 heterocycles. The van der Waals surface area contributed by atoms with Crippen molar-refractivity contribution in [3.63, 3.8) is 0 Å². The lowest BCUT2D eigenvalue weighted by atomic mass is 9.82. The zero-order chi connectivity index (χ0) is 40.9. The SMILES string of the molecule is CC(C)(C)c1cc2c(O)c(c1)N=C[C@H](c1ccccc1)[C@@H](c1ccccc1)C=Nc1cc(C(C)(C)C)cc(c1O)N=C[C@H](c1ccccc1)[C@@H](c1ccccc1)C=N2. The summed E-state index contributed by atoms with van der Waals surface area (Å²) >= 11 is 0. The molecule has 58 heavy (non-hydrogen) atoms. The van der Waals surface area contributed by atoms with E-state index >= 15 is 0 Å². The number of hydrogen-bond donors (Lipinski definition) is 2. The molecule has 2 N–H and O–H groups in total. The molecule has 0 saturated heterocycles. The molecule has 0 aromatic heterocycles. The minimum Gasteiger partial charge on any atom is -0.504 e. The number of benzene rings is 6. The number of aliphatic imine (C=N–C) groups is 4. The maximum Gasteiger partial charge on any atom is 0.167 e. The molecular weight excluding hydrogens is 713 g/mol. The van der Waals surface area contributed by atoms with Crippen molar-refractivity contribution in [3.05, 3.63) is 179 Å². The maximum absolute atomic E-state index is 12.0. The highest BCUT2D eigenvalue weighted by Crippen LogP contribution is 2.45. The fourth-order valence-electron chi connectivity index (χ4n) is 7.36. The topological polar surface area (TPSA) is 89.9 Å². The Balaban J connectivity index is 1.54. The van der Waals surface area contributed by atoms with Gasteiger partial charge in [0, 0.05) is 48.5 Å². The second-order valence-corrected chi connectivity index (χ2v) is 17.1. The lowest BCUT2D eigenvalue weighted by Gasteiger charge is -2.24. The van der Waals surface area contributed by atoms with Crippen LogP contribution in [0.1, 0.15) is 98.6 Å². The predicted octanol–water partition coefficient (Wildman–Crippen LogP) is 13.4. The molecule has 7 rings (SSSR count). The lowest BCUT2D eigenvalue weighted by molar-refractivity contribution is 0.476. The molecule has 0 saturated carbocycles. The second kappa shape index (κ2) is 17.0. The molecule has 1 aliphatic rings. The van der Waals surface area contributed by atoms with Crippen LogP contribution in [-0.4, -0.2) is 35.1 Å². The average molecular weight is 765 g/mol. The summed E-state index contributed by atoms with van der Waals surface area (Å²) in [4.78, 5) is 20.4. The second-order valence-electron chi connectivity index (χ2n) is 17.1. The monoisotopic (exact) mass is 764 g/mol. The van der Waals surface area contributed by atoms with Crippen LogP contribution in [-0.2, 0) is 10.8 Å². The van der Waals surface area contributed by atoms with Crippen molar-refractivity contribution in [2.45, 2.75) is 76.0 Å². The fraction of sp³-hybridized carbons (Fsp3) is 0.231. The Kier molecular flexibility index (Phi) is 11.7. The number of rotatable bonds is 4. The van der Waals surface area contributed by atoms with Crippen LogP contribution in [0.4, 0.5) is 22.7 Å². The molecule has 4 atom stereocenters. The number of phenols is 2. The normalized spacial score (nSPS) is 18.7. The van der Waals surface area contributed by atoms with E-state index in [2.05, 4.69) is 90.1 Å². The van der Waals surface area contributed by atoms with Gasteiger partial charge in [0.1, 0.15) is 22.7 Å². The number of hydrogen-bond acceptors (Lipinski definition) is 6. The standard InChI is InChI=1S/C52H52N4O2/c1-51(2,3)39-27-45-49(57)46(28-39)54-32-42(36-21-13-8-14-22-36)44(38-25-17-10-18-26-38)34-56-48-30-40(52(4,5)6)29-47(50(48)58)55-33-43(37-23-15-9-16-24-37)41(31-53-45)35-19-11-7-12-20-35/h7-34,41-44,57-58H,1-6H3/t41-,42-,43-,44-/m1/s1. The molecule has 4 bridgehead atoms. The summed E-state index contributed by atoms with van der Waals surface area (Å²) in [6.07, 6.45) is 7.65. The molecule has 0 spiro atoms. The van der Waals surface area contributed by atoms with Gasteiger partial charge in [-0.05, 0) is 68.5 Å². The Morgan fingerprint density at radius 3 is 0.741 bits per heavy atom. The Morgan fingerprint density at radius 2 is 0.552 bits per heavy atom. The zero-order valence-electron chi connectivity index (χ0n) is 34.2. The van der Waals surface area contributed by atoms with E-state index in [-0.39, 0.29) is 46.0 Å². The fourth-order valence-corrected chi connectivity index (χ4v) is 7.36. The molecule has 1 aliphatic heterocycles. The van der Waals surface area contributed by atoms with Crippen molar-refractivity contribution in [3.8, 4) is 11.5 Å². The Hall–Kier alpha value is -6.40. The first kappa shape index (κ1) is 39.8. The Morgan fingerprint density at radius 1 is 0.345 bits per heavy atom. The summed E-state index contributed by atoms with van der Waals surface area (Å²) in [6.45, 7) is 12.9. The van der Waals surface area contributed by atoms with Gasteiger partial charge in [0.2, 0.25) is 0 Å². The van der Waals surface area contributed by atoms with Crippen molar-refractivity contribution in [1.29, 1.82) is 0 Å². The van der Waals surface area contributed by atoms with Gasteiger partial charge in [0.25, 0.3) is 0 Å². The van der Waals surface area contributed by atoms with Crippen molar-refractivity contribution >= 4 is 47.6 Å². The maximum atomic E-state index is 12.0. The van der Waals surface area contributed by atoms with Crippen LogP contribution in [0, 0.1) is 0 Å². The first-order chi connectivity index (χ1) is 27.9. The van der Waals surface area contributed by atoms with Gasteiger partial charge in [0.15, 0.2) is 11.5 Å². The third-order valence-corrected chi connectivity index (χ3v) is 10.9. The van der Waals surface area contributed by atoms with E-state index in [1.807, 2.05) is 122 Å². The van der Waals surface area contributed by atoms with Gasteiger partial charge in [-0.15, -0.1) is 0 Å². The van der Waals surface area contributed by atoms with E-state index in [0.29, 0.717) is 22.7 Å². The molecule has 0 fully saturated rings. The molecule has 292 valence electrons. The van der Waals surface area contributed by atoms with Crippen molar-refractivity contribution in [1.82, 2.24) is 0 Å². The smallest absolute Gasteiger partial charge is 0.167 e. The first-order valence-electron chi connectivity index (χ1n) is 20.0. The Labute approximate surface area is 343 Å². The summed E-state index contributed by atoms with van der Waals surface area (Å²) in [6, 6.07) is 48.7. The molecule has 6 aromatic rings. The van der Waals surface area contributed by atoms with Gasteiger partial charge in [-0.25, -0.2) is 0 Å². The van der Waals surface area contributed by atoms with E-state index in [1.165, 1.54) is 0 Å². The van der Waals surface area contributed by atoms with Crippen molar-refractivity contribution in [2.75, 3.05) is 0 Å². The van der Waals surface area contributed by atoms with Gasteiger partial charge < -0.3 is 10.2 Å². The van der Waals surface area contributed by atoms with Crippen LogP contribution in [0.3, 0.4) is 0 Å².